The molecule has 138 valence electrons. The van der Waals surface area contributed by atoms with Crippen LogP contribution in [0.15, 0.2) is 30.3 Å². The third-order valence-corrected chi connectivity index (χ3v) is 5.35. The number of benzene rings is 1. The summed E-state index contributed by atoms with van der Waals surface area (Å²) in [5.74, 6) is -0.406. The molecule has 1 saturated carbocycles. The van der Waals surface area contributed by atoms with Gasteiger partial charge in [-0.3, -0.25) is 14.9 Å². The molecule has 0 N–H and O–H groups in total. The van der Waals surface area contributed by atoms with Crippen LogP contribution >= 0.6 is 0 Å². The van der Waals surface area contributed by atoms with E-state index in [2.05, 4.69) is 4.74 Å². The third-order valence-electron chi connectivity index (χ3n) is 5.35. The zero-order chi connectivity index (χ0) is 18.3. The van der Waals surface area contributed by atoms with E-state index in [0.717, 1.165) is 18.4 Å². The molecule has 1 fully saturated rings. The van der Waals surface area contributed by atoms with E-state index in [9.17, 15) is 14.9 Å². The summed E-state index contributed by atoms with van der Waals surface area (Å²) in [6.07, 6.45) is 2.46. The molecule has 2 rings (SSSR count). The highest BCUT2D eigenvalue weighted by Crippen LogP contribution is 2.45. The zero-order valence-electron chi connectivity index (χ0n) is 15.0. The summed E-state index contributed by atoms with van der Waals surface area (Å²) in [7, 11) is 1.31. The Bertz CT molecular complexity index is 576. The van der Waals surface area contributed by atoms with Gasteiger partial charge < -0.3 is 9.47 Å². The third kappa shape index (κ3) is 4.78. The first-order chi connectivity index (χ1) is 12.0. The predicted octanol–water partition coefficient (Wildman–Crippen LogP) is 3.61. The van der Waals surface area contributed by atoms with Crippen LogP contribution in [0.2, 0.25) is 0 Å². The Morgan fingerprint density at radius 2 is 2.12 bits per heavy atom. The van der Waals surface area contributed by atoms with E-state index in [1.165, 1.54) is 7.11 Å². The maximum absolute atomic E-state index is 11.8. The minimum absolute atomic E-state index is 0.0641. The van der Waals surface area contributed by atoms with Crippen molar-refractivity contribution in [2.45, 2.75) is 51.2 Å². The average Bonchev–Trinajstić information content (AvgIpc) is 3.06. The summed E-state index contributed by atoms with van der Waals surface area (Å²) in [4.78, 5) is 23.2. The molecule has 3 atom stereocenters. The fourth-order valence-corrected chi connectivity index (χ4v) is 4.00. The number of carbonyl (C=O) groups is 1. The highest BCUT2D eigenvalue weighted by atomic mass is 16.6. The van der Waals surface area contributed by atoms with Gasteiger partial charge in [0.25, 0.3) is 0 Å². The van der Waals surface area contributed by atoms with Crippen LogP contribution in [0.3, 0.4) is 0 Å². The smallest absolute Gasteiger partial charge is 0.305 e. The summed E-state index contributed by atoms with van der Waals surface area (Å²) in [5, 5.41) is 11.8. The monoisotopic (exact) mass is 349 g/mol. The Morgan fingerprint density at radius 3 is 2.76 bits per heavy atom. The van der Waals surface area contributed by atoms with Gasteiger partial charge >= 0.3 is 5.97 Å². The summed E-state index contributed by atoms with van der Waals surface area (Å²) in [5.41, 5.74) is 0.0522. The van der Waals surface area contributed by atoms with Crippen molar-refractivity contribution in [3.63, 3.8) is 0 Å². The fraction of sp³-hybridized carbons (Fsp3) is 0.632. The van der Waals surface area contributed by atoms with Crippen molar-refractivity contribution in [1.82, 2.24) is 0 Å². The molecule has 0 radical (unpaired) electrons. The Balaban J connectivity index is 1.96. The molecule has 6 heteroatoms. The van der Waals surface area contributed by atoms with Crippen LogP contribution in [0.1, 0.15) is 44.6 Å². The van der Waals surface area contributed by atoms with Crippen molar-refractivity contribution in [3.05, 3.63) is 46.0 Å². The summed E-state index contributed by atoms with van der Waals surface area (Å²) >= 11 is 0. The first-order valence-corrected chi connectivity index (χ1v) is 8.82. The Morgan fingerprint density at radius 1 is 1.40 bits per heavy atom. The van der Waals surface area contributed by atoms with Gasteiger partial charge in [0, 0.05) is 23.7 Å². The highest BCUT2D eigenvalue weighted by Gasteiger charge is 2.55. The standard InChI is InChI=1S/C19H27NO5/c1-15(13-25-14-16-7-4-3-5-8-16)17-9-6-11-19(17,20(22)23)12-10-18(21)24-2/h3-5,7-8,15,17H,6,9-14H2,1-2H3/t15-,17+,19-/m1/s1. The van der Waals surface area contributed by atoms with Crippen LogP contribution < -0.4 is 0 Å². The second-order valence-electron chi connectivity index (χ2n) is 6.91. The quantitative estimate of drug-likeness (QED) is 0.386. The van der Waals surface area contributed by atoms with Crippen LogP contribution in [0.25, 0.3) is 0 Å². The molecular weight excluding hydrogens is 322 g/mol. The fourth-order valence-electron chi connectivity index (χ4n) is 4.00. The molecule has 1 aliphatic carbocycles. The number of hydrogen-bond donors (Lipinski definition) is 0. The SMILES string of the molecule is COC(=O)CC[C@]1([N+](=O)[O-])CCC[C@H]1[C@H](C)COCc1ccccc1. The van der Waals surface area contributed by atoms with Gasteiger partial charge in [0.15, 0.2) is 0 Å². The molecule has 25 heavy (non-hydrogen) atoms. The van der Waals surface area contributed by atoms with E-state index < -0.39 is 5.54 Å². The van der Waals surface area contributed by atoms with Gasteiger partial charge in [-0.05, 0) is 24.3 Å². The topological polar surface area (TPSA) is 78.7 Å². The van der Waals surface area contributed by atoms with Gasteiger partial charge in [-0.2, -0.15) is 0 Å². The molecule has 0 amide bonds. The van der Waals surface area contributed by atoms with Gasteiger partial charge in [-0.15, -0.1) is 0 Å². The van der Waals surface area contributed by atoms with Gasteiger partial charge in [0.05, 0.1) is 26.7 Å². The van der Waals surface area contributed by atoms with E-state index >= 15 is 0 Å². The van der Waals surface area contributed by atoms with Crippen LogP contribution in [-0.4, -0.2) is 30.1 Å². The van der Waals surface area contributed by atoms with Crippen LogP contribution in [0.5, 0.6) is 0 Å². The number of methoxy groups -OCH3 is 1. The van der Waals surface area contributed by atoms with E-state index in [1.807, 2.05) is 37.3 Å². The summed E-state index contributed by atoms with van der Waals surface area (Å²) in [6.45, 7) is 3.00. The molecule has 0 aliphatic heterocycles. The Hall–Kier alpha value is -1.95. The lowest BCUT2D eigenvalue weighted by Gasteiger charge is -2.31. The first kappa shape index (κ1) is 19.4. The Kier molecular flexibility index (Phi) is 6.93. The number of carbonyl (C=O) groups excluding carboxylic acids is 1. The van der Waals surface area contributed by atoms with E-state index in [1.54, 1.807) is 0 Å². The molecule has 0 spiro atoms. The molecule has 1 aromatic rings. The lowest BCUT2D eigenvalue weighted by atomic mass is 9.76. The minimum Gasteiger partial charge on any atom is -0.469 e. The lowest BCUT2D eigenvalue weighted by molar-refractivity contribution is -0.581. The van der Waals surface area contributed by atoms with Gasteiger partial charge in [0.1, 0.15) is 0 Å². The van der Waals surface area contributed by atoms with Crippen LogP contribution in [0, 0.1) is 22.0 Å². The van der Waals surface area contributed by atoms with Gasteiger partial charge in [-0.25, -0.2) is 0 Å². The molecule has 1 aromatic carbocycles. The summed E-state index contributed by atoms with van der Waals surface area (Å²) in [6, 6.07) is 9.88. The van der Waals surface area contributed by atoms with Crippen molar-refractivity contribution in [1.29, 1.82) is 0 Å². The molecule has 0 unspecified atom stereocenters. The molecule has 0 bridgehead atoms. The lowest BCUT2D eigenvalue weighted by Crippen LogP contribution is -2.45. The number of hydrogen-bond acceptors (Lipinski definition) is 5. The van der Waals surface area contributed by atoms with Crippen molar-refractivity contribution >= 4 is 5.97 Å². The van der Waals surface area contributed by atoms with Crippen LogP contribution in [0.4, 0.5) is 0 Å². The number of ether oxygens (including phenoxy) is 2. The molecule has 0 heterocycles. The first-order valence-electron chi connectivity index (χ1n) is 8.82. The second-order valence-corrected chi connectivity index (χ2v) is 6.91. The molecular formula is C19H27NO5. The Labute approximate surface area is 148 Å². The highest BCUT2D eigenvalue weighted by molar-refractivity contribution is 5.69. The van der Waals surface area contributed by atoms with E-state index in [0.29, 0.717) is 19.6 Å². The maximum atomic E-state index is 11.8. The normalized spacial score (nSPS) is 24.0. The minimum atomic E-state index is -1.04. The van der Waals surface area contributed by atoms with Crippen molar-refractivity contribution < 1.29 is 19.2 Å². The molecule has 0 aromatic heterocycles. The van der Waals surface area contributed by atoms with Gasteiger partial charge in [-0.1, -0.05) is 37.3 Å². The maximum Gasteiger partial charge on any atom is 0.305 e. The van der Waals surface area contributed by atoms with Crippen molar-refractivity contribution in [2.75, 3.05) is 13.7 Å². The largest absolute Gasteiger partial charge is 0.469 e. The molecule has 1 aliphatic rings. The number of esters is 1. The summed E-state index contributed by atoms with van der Waals surface area (Å²) < 4.78 is 10.5. The zero-order valence-corrected chi connectivity index (χ0v) is 15.0. The molecule has 6 nitrogen and oxygen atoms in total. The number of nitro groups is 1. The van der Waals surface area contributed by atoms with E-state index in [4.69, 9.17) is 4.74 Å². The van der Waals surface area contributed by atoms with Crippen LogP contribution in [-0.2, 0) is 20.9 Å². The molecule has 0 saturated heterocycles. The van der Waals surface area contributed by atoms with Gasteiger partial charge in [0.2, 0.25) is 5.54 Å². The van der Waals surface area contributed by atoms with Crippen molar-refractivity contribution in [2.24, 2.45) is 11.8 Å². The average molecular weight is 349 g/mol. The van der Waals surface area contributed by atoms with E-state index in [-0.39, 0.29) is 35.6 Å². The number of nitrogens with zero attached hydrogens (tertiary/aromatic N) is 1. The van der Waals surface area contributed by atoms with Crippen molar-refractivity contribution in [3.8, 4) is 0 Å². The second kappa shape index (κ2) is 8.94. The number of rotatable bonds is 9. The predicted molar refractivity (Wildman–Crippen MR) is 93.6 cm³/mol.